The molecular formula is C81H149NO8. The maximum atomic E-state index is 13.2. The van der Waals surface area contributed by atoms with Crippen molar-refractivity contribution >= 4 is 5.91 Å². The molecule has 1 aliphatic heterocycles. The lowest BCUT2D eigenvalue weighted by Crippen LogP contribution is -2.60. The molecule has 6 N–H and O–H groups in total. The summed E-state index contributed by atoms with van der Waals surface area (Å²) in [6.45, 7) is 3.70. The molecule has 90 heavy (non-hydrogen) atoms. The number of nitrogens with one attached hydrogen (secondary N) is 1. The molecule has 0 aromatic rings. The van der Waals surface area contributed by atoms with Crippen molar-refractivity contribution in [1.82, 2.24) is 5.32 Å². The fraction of sp³-hybridized carbons (Fsp3) is 0.840. The van der Waals surface area contributed by atoms with Crippen LogP contribution in [-0.2, 0) is 14.3 Å². The van der Waals surface area contributed by atoms with Gasteiger partial charge >= 0.3 is 0 Å². The highest BCUT2D eigenvalue weighted by Gasteiger charge is 2.44. The Balaban J connectivity index is 2.07. The summed E-state index contributed by atoms with van der Waals surface area (Å²) < 4.78 is 11.3. The third kappa shape index (κ3) is 57.1. The lowest BCUT2D eigenvalue weighted by Gasteiger charge is -2.40. The standard InChI is InChI=1S/C81H149NO8/c1-3-5-7-9-11-13-15-17-19-21-23-25-27-29-31-33-34-35-36-37-38-39-40-41-42-43-45-47-49-51-53-55-57-59-61-63-65-67-69-71-77(85)82-74(73-89-81-80(88)79(87)78(86)76(72-83)90-81)75(84)70-68-66-64-62-60-58-56-54-52-50-48-46-44-32-30-28-26-24-22-20-18-16-14-12-10-8-6-4-2/h5,7,11,13,17,19,23,25,60,62,68,70,74-76,78-81,83-84,86-88H,3-4,6,8-10,12,14-16,18,20-22,24,26-59,61,63-67,69,71-73H2,1-2H3,(H,82,85)/b7-5-,13-11-,19-17-,25-23-,62-60+,70-68+. The van der Waals surface area contributed by atoms with Gasteiger partial charge in [0.15, 0.2) is 6.29 Å². The van der Waals surface area contributed by atoms with Gasteiger partial charge in [-0.1, -0.05) is 376 Å². The largest absolute Gasteiger partial charge is 0.394 e. The minimum atomic E-state index is -1.57. The van der Waals surface area contributed by atoms with Gasteiger partial charge in [0.25, 0.3) is 0 Å². The van der Waals surface area contributed by atoms with Gasteiger partial charge < -0.3 is 40.3 Å². The van der Waals surface area contributed by atoms with Gasteiger partial charge in [0.1, 0.15) is 24.4 Å². The summed E-state index contributed by atoms with van der Waals surface area (Å²) in [5, 5.41) is 54.9. The molecule has 1 fully saturated rings. The van der Waals surface area contributed by atoms with Gasteiger partial charge in [0, 0.05) is 6.42 Å². The molecule has 1 heterocycles. The molecule has 9 nitrogen and oxygen atoms in total. The van der Waals surface area contributed by atoms with Gasteiger partial charge in [-0.05, 0) is 70.6 Å². The van der Waals surface area contributed by atoms with E-state index in [-0.39, 0.29) is 12.5 Å². The molecule has 1 aliphatic rings. The second-order valence-corrected chi connectivity index (χ2v) is 27.1. The van der Waals surface area contributed by atoms with Crippen molar-refractivity contribution in [1.29, 1.82) is 0 Å². The van der Waals surface area contributed by atoms with Crippen molar-refractivity contribution < 1.29 is 39.8 Å². The van der Waals surface area contributed by atoms with Crippen molar-refractivity contribution in [2.45, 2.75) is 423 Å². The number of hydrogen-bond donors (Lipinski definition) is 6. The maximum absolute atomic E-state index is 13.2. The number of hydrogen-bond acceptors (Lipinski definition) is 8. The van der Waals surface area contributed by atoms with Crippen LogP contribution in [0.1, 0.15) is 380 Å². The molecule has 0 radical (unpaired) electrons. The second kappa shape index (κ2) is 69.5. The predicted molar refractivity (Wildman–Crippen MR) is 387 cm³/mol. The topological polar surface area (TPSA) is 149 Å². The van der Waals surface area contributed by atoms with E-state index in [4.69, 9.17) is 9.47 Å². The highest BCUT2D eigenvalue weighted by molar-refractivity contribution is 5.76. The molecule has 1 amide bonds. The van der Waals surface area contributed by atoms with E-state index in [9.17, 15) is 30.3 Å². The molecule has 0 spiro atoms. The Morgan fingerprint density at radius 3 is 1.07 bits per heavy atom. The number of aliphatic hydroxyl groups is 5. The van der Waals surface area contributed by atoms with Gasteiger partial charge in [-0.3, -0.25) is 4.79 Å². The number of allylic oxidation sites excluding steroid dienone is 11. The minimum Gasteiger partial charge on any atom is -0.394 e. The molecule has 0 aromatic carbocycles. The predicted octanol–water partition coefficient (Wildman–Crippen LogP) is 22.3. The Morgan fingerprint density at radius 2 is 0.700 bits per heavy atom. The van der Waals surface area contributed by atoms with Crippen LogP contribution in [0.3, 0.4) is 0 Å². The number of carbonyl (C=O) groups is 1. The highest BCUT2D eigenvalue weighted by atomic mass is 16.7. The minimum absolute atomic E-state index is 0.180. The summed E-state index contributed by atoms with van der Waals surface area (Å²) >= 11 is 0. The Morgan fingerprint density at radius 1 is 0.389 bits per heavy atom. The molecule has 9 heteroatoms. The van der Waals surface area contributed by atoms with Gasteiger partial charge in [-0.25, -0.2) is 0 Å². The molecular weight excluding hydrogens is 1110 g/mol. The fourth-order valence-electron chi connectivity index (χ4n) is 12.5. The Labute approximate surface area is 557 Å². The summed E-state index contributed by atoms with van der Waals surface area (Å²) in [6, 6.07) is -0.824. The smallest absolute Gasteiger partial charge is 0.220 e. The molecule has 0 saturated carbocycles. The first-order valence-corrected chi connectivity index (χ1v) is 39.2. The first kappa shape index (κ1) is 85.6. The van der Waals surface area contributed by atoms with E-state index in [1.165, 1.54) is 295 Å². The van der Waals surface area contributed by atoms with Crippen LogP contribution in [0.4, 0.5) is 0 Å². The average molecular weight is 1270 g/mol. The molecule has 1 saturated heterocycles. The van der Waals surface area contributed by atoms with Crippen LogP contribution in [0.2, 0.25) is 0 Å². The number of aliphatic hydroxyl groups excluding tert-OH is 5. The molecule has 7 unspecified atom stereocenters. The normalized spacial score (nSPS) is 18.1. The lowest BCUT2D eigenvalue weighted by atomic mass is 9.99. The van der Waals surface area contributed by atoms with E-state index in [1.54, 1.807) is 6.08 Å². The summed E-state index contributed by atoms with van der Waals surface area (Å²) in [6.07, 6.45) is 92.0. The zero-order chi connectivity index (χ0) is 64.9. The van der Waals surface area contributed by atoms with Crippen LogP contribution in [0, 0.1) is 0 Å². The zero-order valence-electron chi connectivity index (χ0n) is 59.1. The van der Waals surface area contributed by atoms with E-state index >= 15 is 0 Å². The van der Waals surface area contributed by atoms with E-state index in [2.05, 4.69) is 79.9 Å². The summed E-state index contributed by atoms with van der Waals surface area (Å²) in [4.78, 5) is 13.2. The van der Waals surface area contributed by atoms with Gasteiger partial charge in [0.2, 0.25) is 5.91 Å². The Kier molecular flexibility index (Phi) is 66.1. The van der Waals surface area contributed by atoms with Crippen molar-refractivity contribution in [3.05, 3.63) is 72.9 Å². The van der Waals surface area contributed by atoms with Gasteiger partial charge in [-0.2, -0.15) is 0 Å². The summed E-state index contributed by atoms with van der Waals surface area (Å²) in [5.41, 5.74) is 0. The summed E-state index contributed by atoms with van der Waals surface area (Å²) in [5.74, 6) is -0.180. The van der Waals surface area contributed by atoms with Crippen LogP contribution in [0.25, 0.3) is 0 Å². The molecule has 526 valence electrons. The first-order chi connectivity index (χ1) is 44.3. The Bertz CT molecular complexity index is 1660. The third-order valence-corrected chi connectivity index (χ3v) is 18.5. The average Bonchev–Trinajstić information content (AvgIpc) is 2.75. The van der Waals surface area contributed by atoms with Gasteiger partial charge in [0.05, 0.1) is 25.4 Å². The second-order valence-electron chi connectivity index (χ2n) is 27.1. The number of carbonyl (C=O) groups excluding carboxylic acids is 1. The highest BCUT2D eigenvalue weighted by Crippen LogP contribution is 2.24. The number of unbranched alkanes of at least 4 members (excludes halogenated alkanes) is 49. The summed E-state index contributed by atoms with van der Waals surface area (Å²) in [7, 11) is 0. The number of amides is 1. The Hall–Kier alpha value is -2.37. The first-order valence-electron chi connectivity index (χ1n) is 39.2. The zero-order valence-corrected chi connectivity index (χ0v) is 59.1. The quantitative estimate of drug-likeness (QED) is 0.0261. The van der Waals surface area contributed by atoms with Crippen LogP contribution in [0.5, 0.6) is 0 Å². The molecule has 0 bridgehead atoms. The monoisotopic (exact) mass is 1260 g/mol. The van der Waals surface area contributed by atoms with E-state index < -0.39 is 49.5 Å². The van der Waals surface area contributed by atoms with Crippen molar-refractivity contribution in [3.63, 3.8) is 0 Å². The molecule has 0 aliphatic carbocycles. The van der Waals surface area contributed by atoms with Crippen molar-refractivity contribution in [3.8, 4) is 0 Å². The lowest BCUT2D eigenvalue weighted by molar-refractivity contribution is -0.302. The number of ether oxygens (including phenoxy) is 2. The van der Waals surface area contributed by atoms with E-state index in [0.29, 0.717) is 6.42 Å². The third-order valence-electron chi connectivity index (χ3n) is 18.5. The molecule has 7 atom stereocenters. The molecule has 0 aromatic heterocycles. The van der Waals surface area contributed by atoms with Gasteiger partial charge in [-0.15, -0.1) is 0 Å². The van der Waals surface area contributed by atoms with Crippen molar-refractivity contribution in [2.75, 3.05) is 13.2 Å². The maximum Gasteiger partial charge on any atom is 0.220 e. The molecule has 1 rings (SSSR count). The van der Waals surface area contributed by atoms with Crippen LogP contribution >= 0.6 is 0 Å². The fourth-order valence-corrected chi connectivity index (χ4v) is 12.5. The van der Waals surface area contributed by atoms with Crippen LogP contribution < -0.4 is 5.32 Å². The number of rotatable bonds is 69. The van der Waals surface area contributed by atoms with Crippen LogP contribution in [0.15, 0.2) is 72.9 Å². The van der Waals surface area contributed by atoms with Crippen LogP contribution in [-0.4, -0.2) is 87.5 Å². The van der Waals surface area contributed by atoms with E-state index in [1.807, 2.05) is 6.08 Å². The van der Waals surface area contributed by atoms with E-state index in [0.717, 1.165) is 64.2 Å². The SMILES string of the molecule is CC/C=C\C/C=C\C/C=C\C/C=C\CCCCCCCCCCCCCCCCCCCCCCCCCCCCC(=O)NC(COC1OC(CO)C(O)C(O)C1O)C(O)/C=C/CC/C=C/CCCCCCCCCCCCCCCCCCCCCCCC. The van der Waals surface area contributed by atoms with Crippen molar-refractivity contribution in [2.24, 2.45) is 0 Å².